The number of nitrogens with one attached hydrogen (secondary N) is 3. The Balaban J connectivity index is 1.04. The molecule has 3 aliphatic carbocycles. The first-order chi connectivity index (χ1) is 26.6. The van der Waals surface area contributed by atoms with Crippen molar-refractivity contribution >= 4 is 28.7 Å². The summed E-state index contributed by atoms with van der Waals surface area (Å²) in [6, 6.07) is 17.0. The number of aromatic hydroxyl groups is 1. The van der Waals surface area contributed by atoms with Gasteiger partial charge >= 0.3 is 5.97 Å². The average molecular weight is 750 g/mol. The van der Waals surface area contributed by atoms with Crippen LogP contribution in [0.25, 0.3) is 10.9 Å². The molecule has 1 amide bonds. The summed E-state index contributed by atoms with van der Waals surface area (Å²) in [4.78, 5) is 48.3. The number of phenols is 1. The van der Waals surface area contributed by atoms with E-state index in [0.717, 1.165) is 46.4 Å². The smallest absolute Gasteiger partial charge is 0.328 e. The molecule has 0 unspecified atom stereocenters. The number of nitrogens with zero attached hydrogens (tertiary/aromatic N) is 3. The van der Waals surface area contributed by atoms with E-state index >= 15 is 0 Å². The molecule has 15 heteroatoms. The molecule has 0 radical (unpaired) electrons. The third kappa shape index (κ3) is 5.75. The van der Waals surface area contributed by atoms with Crippen molar-refractivity contribution in [3.8, 4) is 11.5 Å². The molecule has 5 atom stereocenters. The Bertz CT molecular complexity index is 2240. The Morgan fingerprint density at radius 2 is 1.98 bits per heavy atom. The van der Waals surface area contributed by atoms with E-state index in [1.165, 1.54) is 12.8 Å². The summed E-state index contributed by atoms with van der Waals surface area (Å²) >= 11 is 0. The van der Waals surface area contributed by atoms with Crippen molar-refractivity contribution in [1.29, 1.82) is 0 Å². The van der Waals surface area contributed by atoms with Gasteiger partial charge in [-0.1, -0.05) is 54.0 Å². The number of fused-ring (bicyclic) bond motifs is 4. The fraction of sp³-hybridized carbons (Fsp3) is 0.425. The van der Waals surface area contributed by atoms with Crippen LogP contribution >= 0.6 is 0 Å². The minimum Gasteiger partial charge on any atom is -0.504 e. The number of piperidine rings is 1. The number of H-pyrrole nitrogens is 1. The molecular formula is C40H43N7O8. The van der Waals surface area contributed by atoms with Gasteiger partial charge in [-0.05, 0) is 79.8 Å². The Morgan fingerprint density at radius 1 is 1.16 bits per heavy atom. The van der Waals surface area contributed by atoms with Crippen LogP contribution in [0.5, 0.6) is 11.5 Å². The quantitative estimate of drug-likeness (QED) is 0.0308. The summed E-state index contributed by atoms with van der Waals surface area (Å²) in [6.07, 6.45) is 3.85. The number of aliphatic hydroxyl groups is 1. The van der Waals surface area contributed by atoms with Crippen molar-refractivity contribution in [3.63, 3.8) is 0 Å². The van der Waals surface area contributed by atoms with Crippen molar-refractivity contribution in [2.45, 2.75) is 80.8 Å². The third-order valence-corrected chi connectivity index (χ3v) is 12.4. The van der Waals surface area contributed by atoms with Crippen LogP contribution in [0.2, 0.25) is 0 Å². The Morgan fingerprint density at radius 3 is 2.76 bits per heavy atom. The lowest BCUT2D eigenvalue weighted by Gasteiger charge is -2.62. The lowest BCUT2D eigenvalue weighted by Crippen LogP contribution is -2.74. The van der Waals surface area contributed by atoms with E-state index in [2.05, 4.69) is 20.2 Å². The van der Waals surface area contributed by atoms with Gasteiger partial charge in [-0.2, -0.15) is 0 Å². The average Bonchev–Trinajstić information content (AvgIpc) is 3.81. The number of carbonyl (C=O) groups is 2. The molecule has 1 saturated carbocycles. The highest BCUT2D eigenvalue weighted by Crippen LogP contribution is 2.69. The summed E-state index contributed by atoms with van der Waals surface area (Å²) in [5.41, 5.74) is 10.7. The number of benzene rings is 3. The number of esters is 1. The third-order valence-electron chi connectivity index (χ3n) is 12.4. The van der Waals surface area contributed by atoms with Crippen LogP contribution in [0.4, 0.5) is 0 Å². The Kier molecular flexibility index (Phi) is 8.46. The number of para-hydroxylation sites is 1. The molecule has 55 heavy (non-hydrogen) atoms. The number of aromatic nitrogens is 1. The maximum atomic E-state index is 14.2. The van der Waals surface area contributed by atoms with E-state index in [1.54, 1.807) is 23.6 Å². The predicted molar refractivity (Wildman–Crippen MR) is 200 cm³/mol. The molecule has 3 aromatic carbocycles. The zero-order chi connectivity index (χ0) is 38.1. The van der Waals surface area contributed by atoms with Crippen molar-refractivity contribution < 1.29 is 34.3 Å². The van der Waals surface area contributed by atoms with Gasteiger partial charge < -0.3 is 35.7 Å². The zero-order valence-corrected chi connectivity index (χ0v) is 30.1. The zero-order valence-electron chi connectivity index (χ0n) is 30.1. The number of guanidine groups is 1. The van der Waals surface area contributed by atoms with E-state index in [1.807, 2.05) is 42.5 Å². The molecule has 3 heterocycles. The van der Waals surface area contributed by atoms with Crippen LogP contribution in [-0.2, 0) is 34.4 Å². The SMILES string of the molecule is NC(=NCCC[C@H](NC(=O)c1cccc2c3c([nH]c12)[C@@H]1Oc2c(O)ccc4c2[C@@]12CCN(CC1CC1)[C@H](C4)[C@]2(O)C3)C(=O)OCc1ccccc1)N[N+](=O)[O-]. The van der Waals surface area contributed by atoms with Crippen molar-refractivity contribution in [1.82, 2.24) is 20.6 Å². The summed E-state index contributed by atoms with van der Waals surface area (Å²) in [6.45, 7) is 1.83. The van der Waals surface area contributed by atoms with E-state index in [-0.39, 0.29) is 43.7 Å². The summed E-state index contributed by atoms with van der Waals surface area (Å²) in [5, 5.41) is 37.8. The van der Waals surface area contributed by atoms with E-state index in [9.17, 15) is 29.9 Å². The number of amides is 1. The number of nitro groups is 1. The number of nitrogens with two attached hydrogens (primary N) is 1. The molecule has 9 rings (SSSR count). The second-order valence-corrected chi connectivity index (χ2v) is 15.6. The standard InChI is InChI=1S/C40H43N7O8/c41-38(45-47(52)53)42-16-5-10-28(37(50)54-21-23-6-2-1-3-7-23)43-36(49)26-9-4-8-25-27-19-40(51)30-18-24-13-14-29(48)34-31(24)39(40,15-17-46(30)20-22-11-12-22)35(55-34)33(27)44-32(25)26/h1-4,6-9,13-14,22,28,30,35,44,48,51H,5,10-12,15-21H2,(H,43,49)(H3,41,42,45)/t28-,30+,35-,39-,40+/m0/s1. The summed E-state index contributed by atoms with van der Waals surface area (Å²) in [5.74, 6) is -0.399. The van der Waals surface area contributed by atoms with E-state index < -0.39 is 40.1 Å². The first kappa shape index (κ1) is 35.1. The maximum absolute atomic E-state index is 14.2. The Labute approximate surface area is 316 Å². The maximum Gasteiger partial charge on any atom is 0.328 e. The molecule has 2 bridgehead atoms. The second kappa shape index (κ2) is 13.3. The number of hydrogen-bond acceptors (Lipinski definition) is 10. The minimum atomic E-state index is -1.19. The number of phenolic OH excluding ortho intramolecular Hbond substituents is 1. The van der Waals surface area contributed by atoms with Crippen LogP contribution in [0, 0.1) is 16.0 Å². The van der Waals surface area contributed by atoms with Gasteiger partial charge in [0, 0.05) is 36.5 Å². The number of aromatic amines is 1. The highest BCUT2D eigenvalue weighted by atomic mass is 16.7. The molecule has 5 aliphatic rings. The lowest BCUT2D eigenvalue weighted by atomic mass is 9.49. The van der Waals surface area contributed by atoms with Crippen molar-refractivity contribution in [2.75, 3.05) is 19.6 Å². The summed E-state index contributed by atoms with van der Waals surface area (Å²) in [7, 11) is 0. The first-order valence-corrected chi connectivity index (χ1v) is 18.9. The van der Waals surface area contributed by atoms with Gasteiger partial charge in [-0.3, -0.25) is 9.69 Å². The monoisotopic (exact) mass is 749 g/mol. The van der Waals surface area contributed by atoms with Crippen molar-refractivity contribution in [3.05, 3.63) is 104 Å². The molecule has 1 saturated heterocycles. The first-order valence-electron chi connectivity index (χ1n) is 18.9. The van der Waals surface area contributed by atoms with E-state index in [4.69, 9.17) is 15.2 Å². The van der Waals surface area contributed by atoms with Gasteiger partial charge in [-0.25, -0.2) is 19.9 Å². The number of hydrazine groups is 1. The lowest BCUT2D eigenvalue weighted by molar-refractivity contribution is -0.525. The predicted octanol–water partition coefficient (Wildman–Crippen LogP) is 3.29. The normalized spacial score (nSPS) is 25.4. The van der Waals surface area contributed by atoms with Gasteiger partial charge in [0.1, 0.15) is 12.6 Å². The molecule has 286 valence electrons. The van der Waals surface area contributed by atoms with Gasteiger partial charge in [-0.15, -0.1) is 0 Å². The fourth-order valence-electron chi connectivity index (χ4n) is 9.77. The fourth-order valence-corrected chi connectivity index (χ4v) is 9.77. The molecule has 4 aromatic rings. The van der Waals surface area contributed by atoms with Crippen LogP contribution in [0.15, 0.2) is 65.7 Å². The van der Waals surface area contributed by atoms with Crippen molar-refractivity contribution in [2.24, 2.45) is 16.6 Å². The van der Waals surface area contributed by atoms with Gasteiger partial charge in [0.15, 0.2) is 22.6 Å². The molecule has 7 N–H and O–H groups in total. The van der Waals surface area contributed by atoms with Crippen LogP contribution in [0.1, 0.15) is 76.5 Å². The number of rotatable bonds is 12. The van der Waals surface area contributed by atoms with E-state index in [0.29, 0.717) is 42.0 Å². The molecule has 2 fully saturated rings. The molecule has 1 aromatic heterocycles. The number of hydrogen-bond donors (Lipinski definition) is 6. The number of likely N-dealkylation sites (tertiary alicyclic amines) is 1. The largest absolute Gasteiger partial charge is 0.504 e. The topological polar surface area (TPSA) is 218 Å². The second-order valence-electron chi connectivity index (χ2n) is 15.6. The van der Waals surface area contributed by atoms with Gasteiger partial charge in [0.25, 0.3) is 11.9 Å². The van der Waals surface area contributed by atoms with Gasteiger partial charge in [0.2, 0.25) is 0 Å². The molecule has 1 spiro atoms. The summed E-state index contributed by atoms with van der Waals surface area (Å²) < 4.78 is 12.4. The Hall–Kier alpha value is -5.67. The molecular weight excluding hydrogens is 706 g/mol. The molecule has 2 aliphatic heterocycles. The molecule has 15 nitrogen and oxygen atoms in total. The minimum absolute atomic E-state index is 0.00755. The van der Waals surface area contributed by atoms with Crippen LogP contribution < -0.4 is 21.2 Å². The highest BCUT2D eigenvalue weighted by Gasteiger charge is 2.73. The van der Waals surface area contributed by atoms with Crippen LogP contribution in [0.3, 0.4) is 0 Å². The highest BCUT2D eigenvalue weighted by molar-refractivity contribution is 6.08. The number of ether oxygens (including phenoxy) is 2. The number of aliphatic imine (C=N–C) groups is 1. The van der Waals surface area contributed by atoms with Gasteiger partial charge in [0.05, 0.1) is 27.8 Å². The number of carbonyl (C=O) groups excluding carboxylic acids is 2. The van der Waals surface area contributed by atoms with Crippen LogP contribution in [-0.4, -0.2) is 80.3 Å².